The number of nitrogens with zero attached hydrogens (tertiary/aromatic N) is 4. The zero-order chi connectivity index (χ0) is 16.9. The van der Waals surface area contributed by atoms with Crippen LogP contribution in [0.5, 0.6) is 0 Å². The lowest BCUT2D eigenvalue weighted by Gasteiger charge is -2.21. The number of benzene rings is 2. The van der Waals surface area contributed by atoms with Gasteiger partial charge in [0.15, 0.2) is 0 Å². The number of rotatable bonds is 5. The lowest BCUT2D eigenvalue weighted by Crippen LogP contribution is -2.38. The second-order valence-corrected chi connectivity index (χ2v) is 5.20. The summed E-state index contributed by atoms with van der Waals surface area (Å²) in [5.74, 6) is -0.257. The van der Waals surface area contributed by atoms with Crippen molar-refractivity contribution in [1.82, 2.24) is 15.0 Å². The van der Waals surface area contributed by atoms with Crippen LogP contribution < -0.4 is 10.5 Å². The molecule has 0 unspecified atom stereocenters. The Kier molecular flexibility index (Phi) is 4.47. The van der Waals surface area contributed by atoms with Gasteiger partial charge in [0, 0.05) is 12.2 Å². The maximum absolute atomic E-state index is 12.6. The number of fused-ring (bicyclic) bond motifs is 1. The quantitative estimate of drug-likeness (QED) is 0.674. The molecule has 1 amide bonds. The lowest BCUT2D eigenvalue weighted by atomic mass is 10.2. The van der Waals surface area contributed by atoms with Crippen molar-refractivity contribution in [3.05, 3.63) is 77.6 Å². The second kappa shape index (κ2) is 6.87. The molecule has 120 valence electrons. The minimum Gasteiger partial charge on any atom is -0.307 e. The summed E-state index contributed by atoms with van der Waals surface area (Å²) < 4.78 is 1.09. The van der Waals surface area contributed by atoms with Gasteiger partial charge < -0.3 is 4.90 Å². The van der Waals surface area contributed by atoms with Crippen molar-refractivity contribution in [1.29, 1.82) is 0 Å². The van der Waals surface area contributed by atoms with Gasteiger partial charge in [0.1, 0.15) is 12.1 Å². The summed E-state index contributed by atoms with van der Waals surface area (Å²) in [5.41, 5.74) is 0.918. The van der Waals surface area contributed by atoms with Crippen LogP contribution in [-0.4, -0.2) is 27.4 Å². The van der Waals surface area contributed by atoms with E-state index in [4.69, 9.17) is 0 Å². The summed E-state index contributed by atoms with van der Waals surface area (Å²) in [4.78, 5) is 26.6. The molecule has 0 fully saturated rings. The first-order valence-electron chi connectivity index (χ1n) is 7.49. The first kappa shape index (κ1) is 15.6. The fraction of sp³-hybridized carbons (Fsp3) is 0.111. The SMILES string of the molecule is C=CCN(C(=O)Cn1nnc2ccccc2c1=O)c1ccccc1. The number of carbonyl (C=O) groups excluding carboxylic acids is 1. The Bertz CT molecular complexity index is 934. The molecule has 0 bridgehead atoms. The summed E-state index contributed by atoms with van der Waals surface area (Å²) in [6.07, 6.45) is 1.64. The zero-order valence-corrected chi connectivity index (χ0v) is 13.0. The second-order valence-electron chi connectivity index (χ2n) is 5.20. The number of anilines is 1. The fourth-order valence-corrected chi connectivity index (χ4v) is 2.43. The van der Waals surface area contributed by atoms with Gasteiger partial charge in [-0.2, -0.15) is 0 Å². The van der Waals surface area contributed by atoms with Gasteiger partial charge in [0.25, 0.3) is 5.56 Å². The molecule has 0 spiro atoms. The molecule has 1 heterocycles. The van der Waals surface area contributed by atoms with E-state index in [2.05, 4.69) is 16.9 Å². The Morgan fingerprint density at radius 1 is 1.12 bits per heavy atom. The van der Waals surface area contributed by atoms with E-state index in [-0.39, 0.29) is 18.0 Å². The Morgan fingerprint density at radius 3 is 2.58 bits per heavy atom. The predicted molar refractivity (Wildman–Crippen MR) is 92.8 cm³/mol. The molecule has 2 aromatic carbocycles. The van der Waals surface area contributed by atoms with Crippen LogP contribution in [0.3, 0.4) is 0 Å². The highest BCUT2D eigenvalue weighted by Crippen LogP contribution is 2.13. The van der Waals surface area contributed by atoms with Crippen LogP contribution in [0.1, 0.15) is 0 Å². The highest BCUT2D eigenvalue weighted by Gasteiger charge is 2.17. The topological polar surface area (TPSA) is 68.1 Å². The number of amides is 1. The Balaban J connectivity index is 1.92. The molecular formula is C18H16N4O2. The Hall–Kier alpha value is -3.28. The standard InChI is InChI=1S/C18H16N4O2/c1-2-12-21(14-8-4-3-5-9-14)17(23)13-22-18(24)15-10-6-7-11-16(15)19-20-22/h2-11H,1,12-13H2. The molecule has 0 radical (unpaired) electrons. The van der Waals surface area contributed by atoms with Gasteiger partial charge in [-0.3, -0.25) is 9.59 Å². The average molecular weight is 320 g/mol. The monoisotopic (exact) mass is 320 g/mol. The molecule has 24 heavy (non-hydrogen) atoms. The summed E-state index contributed by atoms with van der Waals surface area (Å²) in [7, 11) is 0. The van der Waals surface area contributed by atoms with Gasteiger partial charge in [-0.25, -0.2) is 4.68 Å². The molecule has 1 aromatic heterocycles. The van der Waals surface area contributed by atoms with E-state index in [1.165, 1.54) is 0 Å². The van der Waals surface area contributed by atoms with Crippen LogP contribution in [0.4, 0.5) is 5.69 Å². The van der Waals surface area contributed by atoms with Gasteiger partial charge in [-0.15, -0.1) is 11.7 Å². The molecule has 0 N–H and O–H groups in total. The van der Waals surface area contributed by atoms with E-state index in [1.54, 1.807) is 35.2 Å². The number of para-hydroxylation sites is 1. The van der Waals surface area contributed by atoms with E-state index in [9.17, 15) is 9.59 Å². The van der Waals surface area contributed by atoms with Crippen molar-refractivity contribution >= 4 is 22.5 Å². The van der Waals surface area contributed by atoms with Gasteiger partial charge in [-0.1, -0.05) is 41.6 Å². The molecule has 6 heteroatoms. The molecule has 3 aromatic rings. The number of hydrogen-bond acceptors (Lipinski definition) is 4. The van der Waals surface area contributed by atoms with Crippen LogP contribution in [0.25, 0.3) is 10.9 Å². The lowest BCUT2D eigenvalue weighted by molar-refractivity contribution is -0.119. The third kappa shape index (κ3) is 3.08. The summed E-state index contributed by atoms with van der Waals surface area (Å²) in [5, 5.41) is 8.30. The summed E-state index contributed by atoms with van der Waals surface area (Å²) >= 11 is 0. The van der Waals surface area contributed by atoms with E-state index < -0.39 is 0 Å². The third-order valence-corrected chi connectivity index (χ3v) is 3.59. The number of aromatic nitrogens is 3. The van der Waals surface area contributed by atoms with Crippen molar-refractivity contribution < 1.29 is 4.79 Å². The summed E-state index contributed by atoms with van der Waals surface area (Å²) in [6.45, 7) is 3.85. The van der Waals surface area contributed by atoms with Gasteiger partial charge in [0.05, 0.1) is 5.39 Å². The van der Waals surface area contributed by atoms with Crippen molar-refractivity contribution in [3.63, 3.8) is 0 Å². The molecule has 6 nitrogen and oxygen atoms in total. The number of hydrogen-bond donors (Lipinski definition) is 0. The van der Waals surface area contributed by atoms with Gasteiger partial charge in [-0.05, 0) is 24.3 Å². The third-order valence-electron chi connectivity index (χ3n) is 3.59. The van der Waals surface area contributed by atoms with Crippen molar-refractivity contribution in [2.45, 2.75) is 6.54 Å². The number of carbonyl (C=O) groups is 1. The molecule has 0 saturated carbocycles. The van der Waals surface area contributed by atoms with Crippen molar-refractivity contribution in [3.8, 4) is 0 Å². The van der Waals surface area contributed by atoms with Crippen LogP contribution >= 0.6 is 0 Å². The highest BCUT2D eigenvalue weighted by molar-refractivity contribution is 5.93. The molecule has 0 aliphatic heterocycles. The highest BCUT2D eigenvalue weighted by atomic mass is 16.2. The normalized spacial score (nSPS) is 10.5. The van der Waals surface area contributed by atoms with E-state index in [0.717, 1.165) is 10.4 Å². The van der Waals surface area contributed by atoms with Crippen LogP contribution in [0.2, 0.25) is 0 Å². The molecule has 3 rings (SSSR count). The van der Waals surface area contributed by atoms with Gasteiger partial charge in [0.2, 0.25) is 5.91 Å². The molecule has 0 aliphatic carbocycles. The minimum absolute atomic E-state index is 0.181. The fourth-order valence-electron chi connectivity index (χ4n) is 2.43. The minimum atomic E-state index is -0.333. The van der Waals surface area contributed by atoms with E-state index in [0.29, 0.717) is 17.4 Å². The van der Waals surface area contributed by atoms with Crippen molar-refractivity contribution in [2.24, 2.45) is 0 Å². The van der Waals surface area contributed by atoms with Crippen LogP contribution in [0, 0.1) is 0 Å². The molecular weight excluding hydrogens is 304 g/mol. The van der Waals surface area contributed by atoms with E-state index in [1.807, 2.05) is 30.3 Å². The van der Waals surface area contributed by atoms with Crippen LogP contribution in [-0.2, 0) is 11.3 Å². The Labute approximate surface area is 138 Å². The van der Waals surface area contributed by atoms with Crippen molar-refractivity contribution in [2.75, 3.05) is 11.4 Å². The molecule has 0 aliphatic rings. The largest absolute Gasteiger partial charge is 0.307 e. The maximum atomic E-state index is 12.6. The smallest absolute Gasteiger partial charge is 0.278 e. The molecule has 0 saturated heterocycles. The molecule has 0 atom stereocenters. The first-order chi connectivity index (χ1) is 11.7. The average Bonchev–Trinajstić information content (AvgIpc) is 2.63. The van der Waals surface area contributed by atoms with Gasteiger partial charge >= 0.3 is 0 Å². The predicted octanol–water partition coefficient (Wildman–Crippen LogP) is 2.01. The first-order valence-corrected chi connectivity index (χ1v) is 7.49. The maximum Gasteiger partial charge on any atom is 0.278 e. The summed E-state index contributed by atoms with van der Waals surface area (Å²) in [6, 6.07) is 16.2. The zero-order valence-electron chi connectivity index (χ0n) is 13.0. The Morgan fingerprint density at radius 2 is 1.83 bits per heavy atom. The van der Waals surface area contributed by atoms with Crippen LogP contribution in [0.15, 0.2) is 72.0 Å². The van der Waals surface area contributed by atoms with E-state index >= 15 is 0 Å².